The van der Waals surface area contributed by atoms with Crippen LogP contribution >= 0.6 is 11.6 Å². The molecule has 102 valence electrons. The predicted octanol–water partition coefficient (Wildman–Crippen LogP) is -0.622. The minimum atomic E-state index is -0.839. The standard InChI is InChI=1S/C11H13ClN4O3/c12-9-2-6(7(13)3-15-9)11(19)16-4-5(17)1-8(16)10(14)18/h2-3,5,8,17H,1,4,13H2,(H2,14,18). The van der Waals surface area contributed by atoms with Gasteiger partial charge in [0, 0.05) is 13.0 Å². The number of anilines is 1. The smallest absolute Gasteiger partial charge is 0.256 e. The lowest BCUT2D eigenvalue weighted by Gasteiger charge is -2.22. The largest absolute Gasteiger partial charge is 0.397 e. The molecule has 5 N–H and O–H groups in total. The zero-order valence-electron chi connectivity index (χ0n) is 9.91. The summed E-state index contributed by atoms with van der Waals surface area (Å²) in [5.41, 5.74) is 11.2. The van der Waals surface area contributed by atoms with Gasteiger partial charge in [-0.3, -0.25) is 9.59 Å². The molecule has 8 heteroatoms. The molecule has 1 aliphatic rings. The molecular weight excluding hydrogens is 272 g/mol. The number of aliphatic hydroxyl groups is 1. The molecular formula is C11H13ClN4O3. The van der Waals surface area contributed by atoms with E-state index in [1.54, 1.807) is 0 Å². The maximum absolute atomic E-state index is 12.3. The van der Waals surface area contributed by atoms with Gasteiger partial charge in [0.05, 0.1) is 23.6 Å². The highest BCUT2D eigenvalue weighted by molar-refractivity contribution is 6.29. The second-order valence-electron chi connectivity index (χ2n) is 4.36. The molecule has 0 radical (unpaired) electrons. The molecule has 0 spiro atoms. The Morgan fingerprint density at radius 2 is 2.21 bits per heavy atom. The average molecular weight is 285 g/mol. The number of nitrogen functional groups attached to an aromatic ring is 1. The highest BCUT2D eigenvalue weighted by Gasteiger charge is 2.38. The van der Waals surface area contributed by atoms with Crippen LogP contribution in [0.25, 0.3) is 0 Å². The van der Waals surface area contributed by atoms with Gasteiger partial charge in [-0.05, 0) is 6.07 Å². The highest BCUT2D eigenvalue weighted by Crippen LogP contribution is 2.23. The van der Waals surface area contributed by atoms with Crippen LogP contribution in [0.5, 0.6) is 0 Å². The number of rotatable bonds is 2. The number of hydrogen-bond donors (Lipinski definition) is 3. The van der Waals surface area contributed by atoms with Crippen molar-refractivity contribution in [3.63, 3.8) is 0 Å². The number of carbonyl (C=O) groups is 2. The number of aliphatic hydroxyl groups excluding tert-OH is 1. The molecule has 0 saturated carbocycles. The number of carbonyl (C=O) groups excluding carboxylic acids is 2. The van der Waals surface area contributed by atoms with Crippen molar-refractivity contribution in [2.75, 3.05) is 12.3 Å². The Morgan fingerprint density at radius 1 is 1.53 bits per heavy atom. The number of amides is 2. The number of primary amides is 1. The summed E-state index contributed by atoms with van der Waals surface area (Å²) in [7, 11) is 0. The van der Waals surface area contributed by atoms with E-state index in [0.717, 1.165) is 0 Å². The monoisotopic (exact) mass is 284 g/mol. The number of β-amino-alcohol motifs (C(OH)–C–C–N with tert-alkyl or cyclic N) is 1. The van der Waals surface area contributed by atoms with Crippen LogP contribution in [0.1, 0.15) is 16.8 Å². The maximum atomic E-state index is 12.3. The molecule has 2 heterocycles. The van der Waals surface area contributed by atoms with Gasteiger partial charge in [-0.1, -0.05) is 11.6 Å². The van der Waals surface area contributed by atoms with Crippen molar-refractivity contribution in [3.05, 3.63) is 23.0 Å². The Balaban J connectivity index is 2.33. The van der Waals surface area contributed by atoms with Crippen LogP contribution in [0.3, 0.4) is 0 Å². The molecule has 0 aromatic carbocycles. The van der Waals surface area contributed by atoms with E-state index in [9.17, 15) is 14.7 Å². The SMILES string of the molecule is NC(=O)C1CC(O)CN1C(=O)c1cc(Cl)ncc1N. The molecule has 2 amide bonds. The first-order chi connectivity index (χ1) is 8.90. The molecule has 19 heavy (non-hydrogen) atoms. The van der Waals surface area contributed by atoms with Gasteiger partial charge in [0.1, 0.15) is 11.2 Å². The van der Waals surface area contributed by atoms with Gasteiger partial charge >= 0.3 is 0 Å². The Labute approximate surface area is 114 Å². The second kappa shape index (κ2) is 5.02. The van der Waals surface area contributed by atoms with Crippen LogP contribution in [0.2, 0.25) is 5.15 Å². The summed E-state index contributed by atoms with van der Waals surface area (Å²) in [4.78, 5) is 28.6. The van der Waals surface area contributed by atoms with Gasteiger partial charge in [-0.15, -0.1) is 0 Å². The molecule has 1 aliphatic heterocycles. The van der Waals surface area contributed by atoms with Crippen LogP contribution in [0.4, 0.5) is 5.69 Å². The van der Waals surface area contributed by atoms with Crippen LogP contribution in [0, 0.1) is 0 Å². The Bertz CT molecular complexity index is 537. The quantitative estimate of drug-likeness (QED) is 0.625. The van der Waals surface area contributed by atoms with Crippen LogP contribution in [-0.2, 0) is 4.79 Å². The van der Waals surface area contributed by atoms with E-state index in [0.29, 0.717) is 0 Å². The molecule has 7 nitrogen and oxygen atoms in total. The van der Waals surface area contributed by atoms with Crippen molar-refractivity contribution in [3.8, 4) is 0 Å². The molecule has 0 bridgehead atoms. The summed E-state index contributed by atoms with van der Waals surface area (Å²) in [5, 5.41) is 9.69. The van der Waals surface area contributed by atoms with Crippen LogP contribution < -0.4 is 11.5 Å². The summed E-state index contributed by atoms with van der Waals surface area (Å²) in [6, 6.07) is 0.482. The third-order valence-electron chi connectivity index (χ3n) is 3.00. The van der Waals surface area contributed by atoms with Gasteiger partial charge in [0.25, 0.3) is 5.91 Å². The van der Waals surface area contributed by atoms with Gasteiger partial charge < -0.3 is 21.5 Å². The zero-order valence-corrected chi connectivity index (χ0v) is 10.7. The number of pyridine rings is 1. The van der Waals surface area contributed by atoms with Crippen molar-refractivity contribution < 1.29 is 14.7 Å². The van der Waals surface area contributed by atoms with Gasteiger partial charge in [-0.2, -0.15) is 0 Å². The van der Waals surface area contributed by atoms with E-state index < -0.39 is 24.0 Å². The topological polar surface area (TPSA) is 123 Å². The van der Waals surface area contributed by atoms with Crippen LogP contribution in [0.15, 0.2) is 12.3 Å². The van der Waals surface area contributed by atoms with Crippen molar-refractivity contribution in [2.45, 2.75) is 18.6 Å². The van der Waals surface area contributed by atoms with E-state index >= 15 is 0 Å². The summed E-state index contributed by atoms with van der Waals surface area (Å²) >= 11 is 5.72. The van der Waals surface area contributed by atoms with Crippen molar-refractivity contribution in [1.82, 2.24) is 9.88 Å². The second-order valence-corrected chi connectivity index (χ2v) is 4.75. The fourth-order valence-corrected chi connectivity index (χ4v) is 2.25. The zero-order chi connectivity index (χ0) is 14.2. The van der Waals surface area contributed by atoms with E-state index in [1.165, 1.54) is 17.2 Å². The molecule has 1 aromatic heterocycles. The number of aromatic nitrogens is 1. The minimum absolute atomic E-state index is 0.0336. The molecule has 1 saturated heterocycles. The summed E-state index contributed by atoms with van der Waals surface area (Å²) < 4.78 is 0. The summed E-state index contributed by atoms with van der Waals surface area (Å²) in [5.74, 6) is -1.16. The molecule has 2 atom stereocenters. The molecule has 1 fully saturated rings. The number of halogens is 1. The maximum Gasteiger partial charge on any atom is 0.256 e. The lowest BCUT2D eigenvalue weighted by atomic mass is 10.1. The van der Waals surface area contributed by atoms with E-state index in [4.69, 9.17) is 23.1 Å². The molecule has 2 rings (SSSR count). The van der Waals surface area contributed by atoms with Crippen LogP contribution in [-0.4, -0.2) is 45.5 Å². The lowest BCUT2D eigenvalue weighted by molar-refractivity contribution is -0.121. The fraction of sp³-hybridized carbons (Fsp3) is 0.364. The molecule has 0 aliphatic carbocycles. The van der Waals surface area contributed by atoms with Crippen molar-refractivity contribution in [1.29, 1.82) is 0 Å². The first kappa shape index (κ1) is 13.6. The third-order valence-corrected chi connectivity index (χ3v) is 3.21. The number of likely N-dealkylation sites (tertiary alicyclic amines) is 1. The number of nitrogens with zero attached hydrogens (tertiary/aromatic N) is 2. The normalized spacial score (nSPS) is 22.5. The first-order valence-electron chi connectivity index (χ1n) is 5.59. The van der Waals surface area contributed by atoms with Gasteiger partial charge in [0.2, 0.25) is 5.91 Å². The minimum Gasteiger partial charge on any atom is -0.397 e. The predicted molar refractivity (Wildman–Crippen MR) is 68.3 cm³/mol. The first-order valence-corrected chi connectivity index (χ1v) is 5.97. The Kier molecular flexibility index (Phi) is 3.59. The van der Waals surface area contributed by atoms with Gasteiger partial charge in [0.15, 0.2) is 0 Å². The number of hydrogen-bond acceptors (Lipinski definition) is 5. The van der Waals surface area contributed by atoms with Gasteiger partial charge in [-0.25, -0.2) is 4.98 Å². The average Bonchev–Trinajstić information content (AvgIpc) is 2.74. The summed E-state index contributed by atoms with van der Waals surface area (Å²) in [6.45, 7) is 0.0336. The summed E-state index contributed by atoms with van der Waals surface area (Å²) in [6.07, 6.45) is 0.612. The highest BCUT2D eigenvalue weighted by atomic mass is 35.5. The Morgan fingerprint density at radius 3 is 2.84 bits per heavy atom. The number of nitrogens with two attached hydrogens (primary N) is 2. The van der Waals surface area contributed by atoms with Crippen molar-refractivity contribution in [2.24, 2.45) is 5.73 Å². The van der Waals surface area contributed by atoms with E-state index in [-0.39, 0.29) is 29.4 Å². The fourth-order valence-electron chi connectivity index (χ4n) is 2.09. The molecule has 1 aromatic rings. The van der Waals surface area contributed by atoms with Crippen molar-refractivity contribution >= 4 is 29.1 Å². The van der Waals surface area contributed by atoms with E-state index in [1.807, 2.05) is 0 Å². The lowest BCUT2D eigenvalue weighted by Crippen LogP contribution is -2.44. The Hall–Kier alpha value is -1.86. The molecule has 2 unspecified atom stereocenters. The third kappa shape index (κ3) is 2.61. The van der Waals surface area contributed by atoms with E-state index in [2.05, 4.69) is 4.98 Å².